The summed E-state index contributed by atoms with van der Waals surface area (Å²) in [6, 6.07) is 0. The van der Waals surface area contributed by atoms with Crippen LogP contribution in [0.15, 0.2) is 12.4 Å². The van der Waals surface area contributed by atoms with Gasteiger partial charge in [-0.05, 0) is 13.5 Å². The van der Waals surface area contributed by atoms with Crippen molar-refractivity contribution in [2.24, 2.45) is 0 Å². The number of methoxy groups -OCH3 is 1. The molecule has 1 aromatic rings. The minimum absolute atomic E-state index is 0.779. The van der Waals surface area contributed by atoms with E-state index in [1.165, 1.54) is 0 Å². The van der Waals surface area contributed by atoms with Gasteiger partial charge in [-0.2, -0.15) is 0 Å². The number of rotatable bonds is 9. The Bertz CT molecular complexity index is 300. The molecule has 5 nitrogen and oxygen atoms in total. The first-order valence-corrected chi connectivity index (χ1v) is 6.20. The first-order valence-electron chi connectivity index (χ1n) is 6.20. The van der Waals surface area contributed by atoms with Crippen molar-refractivity contribution in [1.29, 1.82) is 0 Å². The van der Waals surface area contributed by atoms with E-state index < -0.39 is 0 Å². The largest absolute Gasteiger partial charge is 0.383 e. The molecule has 0 bridgehead atoms. The maximum Gasteiger partial charge on any atom is 0.202 e. The summed E-state index contributed by atoms with van der Waals surface area (Å²) in [5.41, 5.74) is 0. The van der Waals surface area contributed by atoms with Crippen LogP contribution in [-0.4, -0.2) is 54.8 Å². The molecule has 0 atom stereocenters. The summed E-state index contributed by atoms with van der Waals surface area (Å²) in [6.45, 7) is 6.81. The number of anilines is 1. The third-order valence-electron chi connectivity index (χ3n) is 2.65. The van der Waals surface area contributed by atoms with Gasteiger partial charge >= 0.3 is 0 Å². The molecule has 0 aliphatic carbocycles. The van der Waals surface area contributed by atoms with Gasteiger partial charge in [-0.3, -0.25) is 0 Å². The van der Waals surface area contributed by atoms with Gasteiger partial charge in [0.25, 0.3) is 0 Å². The molecule has 1 heterocycles. The Morgan fingerprint density at radius 1 is 1.47 bits per heavy atom. The number of aromatic nitrogens is 2. The summed E-state index contributed by atoms with van der Waals surface area (Å²) in [5.74, 6) is 0.965. The first kappa shape index (κ1) is 14.0. The highest BCUT2D eigenvalue weighted by molar-refractivity contribution is 5.25. The standard InChI is InChI=1S/C12H24N4O/c1-4-5-13-12-14-6-7-16(12)9-8-15(2)10-11-17-3/h6-7H,4-5,8-11H2,1-3H3,(H,13,14). The Morgan fingerprint density at radius 3 is 3.00 bits per heavy atom. The van der Waals surface area contributed by atoms with Crippen LogP contribution in [0.3, 0.4) is 0 Å². The van der Waals surface area contributed by atoms with E-state index in [0.717, 1.165) is 45.2 Å². The van der Waals surface area contributed by atoms with Gasteiger partial charge in [0.15, 0.2) is 0 Å². The van der Waals surface area contributed by atoms with E-state index in [-0.39, 0.29) is 0 Å². The van der Waals surface area contributed by atoms with Crippen LogP contribution >= 0.6 is 0 Å². The summed E-state index contributed by atoms with van der Waals surface area (Å²) in [5, 5.41) is 3.32. The van der Waals surface area contributed by atoms with E-state index in [1.807, 2.05) is 12.4 Å². The summed E-state index contributed by atoms with van der Waals surface area (Å²) in [4.78, 5) is 6.56. The molecule has 5 heteroatoms. The third kappa shape index (κ3) is 5.19. The van der Waals surface area contributed by atoms with Gasteiger partial charge in [0.1, 0.15) is 0 Å². The number of likely N-dealkylation sites (N-methyl/N-ethyl adjacent to an activating group) is 1. The fraction of sp³-hybridized carbons (Fsp3) is 0.750. The van der Waals surface area contributed by atoms with Crippen molar-refractivity contribution in [2.45, 2.75) is 19.9 Å². The summed E-state index contributed by atoms with van der Waals surface area (Å²) in [7, 11) is 3.84. The van der Waals surface area contributed by atoms with Crippen LogP contribution in [0, 0.1) is 0 Å². The predicted molar refractivity (Wildman–Crippen MR) is 70.4 cm³/mol. The molecule has 17 heavy (non-hydrogen) atoms. The van der Waals surface area contributed by atoms with Crippen molar-refractivity contribution in [2.75, 3.05) is 45.7 Å². The SMILES string of the molecule is CCCNc1nccn1CCN(C)CCOC. The van der Waals surface area contributed by atoms with Crippen LogP contribution in [-0.2, 0) is 11.3 Å². The average molecular weight is 240 g/mol. The van der Waals surface area contributed by atoms with Crippen LogP contribution in [0.2, 0.25) is 0 Å². The number of hydrogen-bond acceptors (Lipinski definition) is 4. The molecule has 0 aromatic carbocycles. The molecule has 0 saturated heterocycles. The maximum atomic E-state index is 5.05. The number of hydrogen-bond donors (Lipinski definition) is 1. The fourth-order valence-corrected chi connectivity index (χ4v) is 1.53. The molecular formula is C12H24N4O. The zero-order chi connectivity index (χ0) is 12.5. The topological polar surface area (TPSA) is 42.3 Å². The van der Waals surface area contributed by atoms with Crippen molar-refractivity contribution in [3.05, 3.63) is 12.4 Å². The first-order chi connectivity index (χ1) is 8.27. The Balaban J connectivity index is 2.32. The van der Waals surface area contributed by atoms with E-state index in [2.05, 4.69) is 33.7 Å². The monoisotopic (exact) mass is 240 g/mol. The smallest absolute Gasteiger partial charge is 0.202 e. The van der Waals surface area contributed by atoms with Gasteiger partial charge in [-0.1, -0.05) is 6.92 Å². The number of nitrogens with zero attached hydrogens (tertiary/aromatic N) is 3. The molecule has 0 radical (unpaired) electrons. The van der Waals surface area contributed by atoms with E-state index in [9.17, 15) is 0 Å². The highest BCUT2D eigenvalue weighted by Crippen LogP contribution is 2.04. The zero-order valence-corrected chi connectivity index (χ0v) is 11.1. The van der Waals surface area contributed by atoms with Crippen molar-refractivity contribution < 1.29 is 4.74 Å². The number of ether oxygens (including phenoxy) is 1. The lowest BCUT2D eigenvalue weighted by Crippen LogP contribution is -2.27. The lowest BCUT2D eigenvalue weighted by atomic mass is 10.5. The molecule has 98 valence electrons. The molecule has 1 rings (SSSR count). The molecule has 0 amide bonds. The molecule has 0 saturated carbocycles. The van der Waals surface area contributed by atoms with Gasteiger partial charge in [0.05, 0.1) is 6.61 Å². The fourth-order valence-electron chi connectivity index (χ4n) is 1.53. The highest BCUT2D eigenvalue weighted by atomic mass is 16.5. The maximum absolute atomic E-state index is 5.05. The van der Waals surface area contributed by atoms with Crippen LogP contribution < -0.4 is 5.32 Å². The quantitative estimate of drug-likeness (QED) is 0.706. The Labute approximate surface area is 104 Å². The second-order valence-corrected chi connectivity index (χ2v) is 4.17. The molecule has 0 fully saturated rings. The van der Waals surface area contributed by atoms with Crippen LogP contribution in [0.1, 0.15) is 13.3 Å². The highest BCUT2D eigenvalue weighted by Gasteiger charge is 2.03. The molecule has 0 aliphatic rings. The van der Waals surface area contributed by atoms with Crippen LogP contribution in [0.25, 0.3) is 0 Å². The Morgan fingerprint density at radius 2 is 2.29 bits per heavy atom. The lowest BCUT2D eigenvalue weighted by Gasteiger charge is -2.17. The molecule has 0 spiro atoms. The summed E-state index contributed by atoms with van der Waals surface area (Å²) >= 11 is 0. The van der Waals surface area contributed by atoms with Crippen LogP contribution in [0.4, 0.5) is 5.95 Å². The average Bonchev–Trinajstić information content (AvgIpc) is 2.78. The van der Waals surface area contributed by atoms with Gasteiger partial charge < -0.3 is 19.5 Å². The molecular weight excluding hydrogens is 216 g/mol. The van der Waals surface area contributed by atoms with Gasteiger partial charge in [-0.15, -0.1) is 0 Å². The number of nitrogens with one attached hydrogen (secondary N) is 1. The van der Waals surface area contributed by atoms with E-state index >= 15 is 0 Å². The van der Waals surface area contributed by atoms with Crippen molar-refractivity contribution in [3.63, 3.8) is 0 Å². The third-order valence-corrected chi connectivity index (χ3v) is 2.65. The lowest BCUT2D eigenvalue weighted by molar-refractivity contribution is 0.159. The normalized spacial score (nSPS) is 11.1. The van der Waals surface area contributed by atoms with Gasteiger partial charge in [-0.25, -0.2) is 4.98 Å². The zero-order valence-electron chi connectivity index (χ0n) is 11.1. The second-order valence-electron chi connectivity index (χ2n) is 4.17. The Kier molecular flexibility index (Phi) is 6.65. The summed E-state index contributed by atoms with van der Waals surface area (Å²) < 4.78 is 7.20. The predicted octanol–water partition coefficient (Wildman–Crippen LogP) is 1.28. The molecule has 1 aromatic heterocycles. The Hall–Kier alpha value is -1.07. The number of imidazole rings is 1. The van der Waals surface area contributed by atoms with Gasteiger partial charge in [0.2, 0.25) is 5.95 Å². The minimum Gasteiger partial charge on any atom is -0.383 e. The van der Waals surface area contributed by atoms with E-state index in [4.69, 9.17) is 4.74 Å². The molecule has 1 N–H and O–H groups in total. The molecule has 0 unspecified atom stereocenters. The molecule has 0 aliphatic heterocycles. The van der Waals surface area contributed by atoms with E-state index in [0.29, 0.717) is 0 Å². The summed E-state index contributed by atoms with van der Waals surface area (Å²) in [6.07, 6.45) is 4.97. The van der Waals surface area contributed by atoms with Crippen LogP contribution in [0.5, 0.6) is 0 Å². The minimum atomic E-state index is 0.779. The van der Waals surface area contributed by atoms with Crippen molar-refractivity contribution >= 4 is 5.95 Å². The van der Waals surface area contributed by atoms with E-state index in [1.54, 1.807) is 7.11 Å². The van der Waals surface area contributed by atoms with Crippen molar-refractivity contribution in [1.82, 2.24) is 14.5 Å². The van der Waals surface area contributed by atoms with Crippen molar-refractivity contribution in [3.8, 4) is 0 Å². The van der Waals surface area contributed by atoms with Gasteiger partial charge in [0, 0.05) is 45.7 Å². The second kappa shape index (κ2) is 8.08.